The van der Waals surface area contributed by atoms with Crippen LogP contribution in [0.3, 0.4) is 0 Å². The molecule has 2 aromatic rings. The Morgan fingerprint density at radius 2 is 1.92 bits per heavy atom. The molecule has 0 radical (unpaired) electrons. The maximum atomic E-state index is 12.4. The lowest BCUT2D eigenvalue weighted by molar-refractivity contribution is -0.136. The zero-order chi connectivity index (χ0) is 18.4. The van der Waals surface area contributed by atoms with Gasteiger partial charge in [-0.25, -0.2) is 0 Å². The molecule has 5 heteroatoms. The van der Waals surface area contributed by atoms with Crippen LogP contribution >= 0.6 is 0 Å². The summed E-state index contributed by atoms with van der Waals surface area (Å²) in [6.45, 7) is 8.38. The molecule has 0 aliphatic rings. The van der Waals surface area contributed by atoms with Gasteiger partial charge in [0.2, 0.25) is 11.8 Å². The summed E-state index contributed by atoms with van der Waals surface area (Å²) in [5.41, 5.74) is 2.07. The number of hydrogen-bond donors (Lipinski definition) is 2. The third kappa shape index (κ3) is 5.62. The standard InChI is InChI=1S/C20H29N3O2/c1-5-23(14-18(24)22-20(2,3)4)19(25)12-8-9-15-13-21-17-11-7-6-10-16(15)17/h6-7,10-11,13,21H,5,8-9,12,14H2,1-4H3,(H,22,24). The highest BCUT2D eigenvalue weighted by atomic mass is 16.2. The van der Waals surface area contributed by atoms with Crippen LogP contribution in [0.2, 0.25) is 0 Å². The summed E-state index contributed by atoms with van der Waals surface area (Å²) in [6, 6.07) is 8.18. The maximum absolute atomic E-state index is 12.4. The first-order valence-electron chi connectivity index (χ1n) is 8.94. The van der Waals surface area contributed by atoms with Gasteiger partial charge in [0.1, 0.15) is 0 Å². The minimum absolute atomic E-state index is 0.0337. The Bertz CT molecular complexity index is 728. The van der Waals surface area contributed by atoms with Gasteiger partial charge in [0.05, 0.1) is 6.54 Å². The fourth-order valence-corrected chi connectivity index (χ4v) is 2.93. The van der Waals surface area contributed by atoms with Gasteiger partial charge in [-0.1, -0.05) is 18.2 Å². The number of amides is 2. The smallest absolute Gasteiger partial charge is 0.240 e. The van der Waals surface area contributed by atoms with Crippen molar-refractivity contribution >= 4 is 22.7 Å². The third-order valence-corrected chi connectivity index (χ3v) is 4.09. The summed E-state index contributed by atoms with van der Waals surface area (Å²) in [7, 11) is 0. The Balaban J connectivity index is 1.84. The van der Waals surface area contributed by atoms with Gasteiger partial charge in [-0.2, -0.15) is 0 Å². The second-order valence-corrected chi connectivity index (χ2v) is 7.42. The first kappa shape index (κ1) is 19.0. The summed E-state index contributed by atoms with van der Waals surface area (Å²) in [4.78, 5) is 29.3. The number of nitrogens with zero attached hydrogens (tertiary/aromatic N) is 1. The van der Waals surface area contributed by atoms with E-state index in [1.54, 1.807) is 4.90 Å². The molecule has 2 amide bonds. The van der Waals surface area contributed by atoms with Crippen molar-refractivity contribution in [1.82, 2.24) is 15.2 Å². The van der Waals surface area contributed by atoms with Crippen molar-refractivity contribution in [2.45, 2.75) is 52.5 Å². The Kier molecular flexibility index (Phi) is 6.23. The fraction of sp³-hybridized carbons (Fsp3) is 0.500. The number of carbonyl (C=O) groups excluding carboxylic acids is 2. The van der Waals surface area contributed by atoms with E-state index in [2.05, 4.69) is 22.4 Å². The summed E-state index contributed by atoms with van der Waals surface area (Å²) in [5.74, 6) is -0.0780. The van der Waals surface area contributed by atoms with Crippen LogP contribution < -0.4 is 5.32 Å². The van der Waals surface area contributed by atoms with Gasteiger partial charge >= 0.3 is 0 Å². The summed E-state index contributed by atoms with van der Waals surface area (Å²) < 4.78 is 0. The van der Waals surface area contributed by atoms with Crippen LogP contribution in [-0.4, -0.2) is 40.3 Å². The molecule has 1 heterocycles. The van der Waals surface area contributed by atoms with Crippen molar-refractivity contribution < 1.29 is 9.59 Å². The zero-order valence-corrected chi connectivity index (χ0v) is 15.7. The summed E-state index contributed by atoms with van der Waals surface area (Å²) >= 11 is 0. The van der Waals surface area contributed by atoms with E-state index in [1.165, 1.54) is 10.9 Å². The first-order chi connectivity index (χ1) is 11.8. The second kappa shape index (κ2) is 8.19. The van der Waals surface area contributed by atoms with Gasteiger partial charge in [0.15, 0.2) is 0 Å². The molecular weight excluding hydrogens is 314 g/mol. The highest BCUT2D eigenvalue weighted by Gasteiger charge is 2.19. The minimum atomic E-state index is -0.283. The van der Waals surface area contributed by atoms with E-state index < -0.39 is 0 Å². The molecule has 1 aromatic heterocycles. The van der Waals surface area contributed by atoms with Crippen LogP contribution in [0.15, 0.2) is 30.5 Å². The van der Waals surface area contributed by atoms with Gasteiger partial charge in [0, 0.05) is 35.6 Å². The molecule has 0 bridgehead atoms. The molecule has 1 aromatic carbocycles. The number of hydrogen-bond acceptors (Lipinski definition) is 2. The largest absolute Gasteiger partial charge is 0.361 e. The van der Waals surface area contributed by atoms with Crippen LogP contribution in [0.25, 0.3) is 10.9 Å². The van der Waals surface area contributed by atoms with E-state index in [9.17, 15) is 9.59 Å². The van der Waals surface area contributed by atoms with E-state index in [-0.39, 0.29) is 23.9 Å². The van der Waals surface area contributed by atoms with E-state index in [0.717, 1.165) is 18.4 Å². The molecule has 25 heavy (non-hydrogen) atoms. The number of rotatable bonds is 7. The van der Waals surface area contributed by atoms with Crippen molar-refractivity contribution in [3.05, 3.63) is 36.0 Å². The number of aromatic nitrogens is 1. The number of benzene rings is 1. The quantitative estimate of drug-likeness (QED) is 0.810. The third-order valence-electron chi connectivity index (χ3n) is 4.09. The molecule has 5 nitrogen and oxygen atoms in total. The van der Waals surface area contributed by atoms with Gasteiger partial charge in [0.25, 0.3) is 0 Å². The number of aromatic amines is 1. The Labute approximate surface area is 149 Å². The molecule has 2 N–H and O–H groups in total. The van der Waals surface area contributed by atoms with Crippen molar-refractivity contribution in [1.29, 1.82) is 0 Å². The topological polar surface area (TPSA) is 65.2 Å². The van der Waals surface area contributed by atoms with Crippen LogP contribution in [-0.2, 0) is 16.0 Å². The van der Waals surface area contributed by atoms with E-state index in [1.807, 2.05) is 46.0 Å². The number of likely N-dealkylation sites (N-methyl/N-ethyl adjacent to an activating group) is 1. The lowest BCUT2D eigenvalue weighted by Gasteiger charge is -2.25. The fourth-order valence-electron chi connectivity index (χ4n) is 2.93. The van der Waals surface area contributed by atoms with Crippen LogP contribution in [0.4, 0.5) is 0 Å². The number of carbonyl (C=O) groups is 2. The van der Waals surface area contributed by atoms with Gasteiger partial charge < -0.3 is 15.2 Å². The summed E-state index contributed by atoms with van der Waals surface area (Å²) in [5, 5.41) is 4.12. The average Bonchev–Trinajstić information content (AvgIpc) is 2.94. The lowest BCUT2D eigenvalue weighted by atomic mass is 10.1. The normalized spacial score (nSPS) is 11.5. The van der Waals surface area contributed by atoms with Gasteiger partial charge in [-0.15, -0.1) is 0 Å². The van der Waals surface area contributed by atoms with Gasteiger partial charge in [-0.3, -0.25) is 9.59 Å². The predicted molar refractivity (Wildman–Crippen MR) is 101 cm³/mol. The predicted octanol–water partition coefficient (Wildman–Crippen LogP) is 3.25. The van der Waals surface area contributed by atoms with Crippen molar-refractivity contribution in [3.8, 4) is 0 Å². The molecule has 136 valence electrons. The SMILES string of the molecule is CCN(CC(=O)NC(C)(C)C)C(=O)CCCc1c[nH]c2ccccc12. The van der Waals surface area contributed by atoms with Crippen LogP contribution in [0.1, 0.15) is 46.1 Å². The molecular formula is C20H29N3O2. The van der Waals surface area contributed by atoms with E-state index >= 15 is 0 Å². The highest BCUT2D eigenvalue weighted by Crippen LogP contribution is 2.19. The molecule has 0 aliphatic heterocycles. The van der Waals surface area contributed by atoms with Crippen molar-refractivity contribution in [2.24, 2.45) is 0 Å². The average molecular weight is 343 g/mol. The molecule has 2 rings (SSSR count). The lowest BCUT2D eigenvalue weighted by Crippen LogP contribution is -2.47. The molecule has 0 saturated heterocycles. The molecule has 0 atom stereocenters. The maximum Gasteiger partial charge on any atom is 0.240 e. The Hall–Kier alpha value is -2.30. The first-order valence-corrected chi connectivity index (χ1v) is 8.94. The van der Waals surface area contributed by atoms with E-state index in [0.29, 0.717) is 13.0 Å². The van der Waals surface area contributed by atoms with E-state index in [4.69, 9.17) is 0 Å². The van der Waals surface area contributed by atoms with Crippen molar-refractivity contribution in [2.75, 3.05) is 13.1 Å². The minimum Gasteiger partial charge on any atom is -0.361 e. The number of aryl methyl sites for hydroxylation is 1. The van der Waals surface area contributed by atoms with Crippen LogP contribution in [0, 0.1) is 0 Å². The Morgan fingerprint density at radius 1 is 1.20 bits per heavy atom. The molecule has 0 fully saturated rings. The second-order valence-electron chi connectivity index (χ2n) is 7.42. The number of fused-ring (bicyclic) bond motifs is 1. The monoisotopic (exact) mass is 343 g/mol. The molecule has 0 saturated carbocycles. The zero-order valence-electron chi connectivity index (χ0n) is 15.7. The highest BCUT2D eigenvalue weighted by molar-refractivity contribution is 5.85. The van der Waals surface area contributed by atoms with Crippen molar-refractivity contribution in [3.63, 3.8) is 0 Å². The number of para-hydroxylation sites is 1. The number of nitrogens with one attached hydrogen (secondary N) is 2. The Morgan fingerprint density at radius 3 is 2.60 bits per heavy atom. The molecule has 0 unspecified atom stereocenters. The molecule has 0 spiro atoms. The van der Waals surface area contributed by atoms with Crippen LogP contribution in [0.5, 0.6) is 0 Å². The van der Waals surface area contributed by atoms with Gasteiger partial charge in [-0.05, 0) is 52.2 Å². The number of H-pyrrole nitrogens is 1. The molecule has 0 aliphatic carbocycles. The summed E-state index contributed by atoms with van der Waals surface area (Å²) in [6.07, 6.45) is 4.10.